The lowest BCUT2D eigenvalue weighted by Gasteiger charge is -2.34. The van der Waals surface area contributed by atoms with E-state index >= 15 is 0 Å². The first-order valence-electron chi connectivity index (χ1n) is 6.91. The van der Waals surface area contributed by atoms with E-state index in [2.05, 4.69) is 22.0 Å². The summed E-state index contributed by atoms with van der Waals surface area (Å²) in [5.41, 5.74) is 3.50. The minimum absolute atomic E-state index is 0.459. The van der Waals surface area contributed by atoms with Gasteiger partial charge in [-0.1, -0.05) is 52.3 Å². The number of hydrogen-bond acceptors (Lipinski definition) is 2. The summed E-state index contributed by atoms with van der Waals surface area (Å²) in [6.45, 7) is 1.32. The van der Waals surface area contributed by atoms with Crippen LogP contribution in [0.25, 0.3) is 0 Å². The minimum Gasteiger partial charge on any atom is -0.480 e. The van der Waals surface area contributed by atoms with Crippen LogP contribution in [0.15, 0.2) is 53.0 Å². The number of benzene rings is 2. The summed E-state index contributed by atoms with van der Waals surface area (Å²) in [6, 6.07) is 15.7. The van der Waals surface area contributed by atoms with E-state index in [0.29, 0.717) is 19.5 Å². The van der Waals surface area contributed by atoms with E-state index in [1.54, 1.807) is 0 Å². The molecule has 0 radical (unpaired) electrons. The van der Waals surface area contributed by atoms with Crippen LogP contribution in [0.3, 0.4) is 0 Å². The van der Waals surface area contributed by atoms with Gasteiger partial charge in [-0.05, 0) is 35.2 Å². The molecule has 1 aliphatic heterocycles. The maximum absolute atomic E-state index is 11.6. The van der Waals surface area contributed by atoms with Crippen LogP contribution in [0.2, 0.25) is 0 Å². The Morgan fingerprint density at radius 2 is 1.95 bits per heavy atom. The summed E-state index contributed by atoms with van der Waals surface area (Å²) < 4.78 is 1.02. The highest BCUT2D eigenvalue weighted by Gasteiger charge is 2.31. The van der Waals surface area contributed by atoms with Crippen molar-refractivity contribution in [1.29, 1.82) is 0 Å². The zero-order valence-corrected chi connectivity index (χ0v) is 13.1. The molecule has 0 fully saturated rings. The van der Waals surface area contributed by atoms with E-state index < -0.39 is 12.0 Å². The molecule has 108 valence electrons. The van der Waals surface area contributed by atoms with E-state index in [0.717, 1.165) is 15.6 Å². The van der Waals surface area contributed by atoms with Gasteiger partial charge < -0.3 is 5.11 Å². The molecule has 0 amide bonds. The maximum Gasteiger partial charge on any atom is 0.321 e. The highest BCUT2D eigenvalue weighted by atomic mass is 79.9. The topological polar surface area (TPSA) is 40.5 Å². The van der Waals surface area contributed by atoms with Crippen LogP contribution in [-0.4, -0.2) is 22.0 Å². The number of carboxylic acids is 1. The lowest BCUT2D eigenvalue weighted by Crippen LogP contribution is -2.44. The van der Waals surface area contributed by atoms with E-state index in [1.807, 2.05) is 47.4 Å². The number of halogens is 1. The van der Waals surface area contributed by atoms with Gasteiger partial charge in [0.2, 0.25) is 0 Å². The van der Waals surface area contributed by atoms with Crippen molar-refractivity contribution < 1.29 is 9.90 Å². The van der Waals surface area contributed by atoms with E-state index in [1.165, 1.54) is 5.56 Å². The Morgan fingerprint density at radius 1 is 1.19 bits per heavy atom. The fourth-order valence-corrected chi connectivity index (χ4v) is 3.30. The van der Waals surface area contributed by atoms with Gasteiger partial charge in [0.1, 0.15) is 6.04 Å². The molecule has 3 rings (SSSR count). The normalized spacial score (nSPS) is 18.2. The van der Waals surface area contributed by atoms with Crippen LogP contribution < -0.4 is 0 Å². The van der Waals surface area contributed by atoms with Crippen molar-refractivity contribution in [3.05, 3.63) is 69.7 Å². The molecule has 2 aromatic carbocycles. The van der Waals surface area contributed by atoms with E-state index in [4.69, 9.17) is 0 Å². The molecule has 1 N–H and O–H groups in total. The molecule has 0 saturated carbocycles. The third kappa shape index (κ3) is 3.17. The molecular weight excluding hydrogens is 330 g/mol. The number of hydrogen-bond donors (Lipinski definition) is 1. The van der Waals surface area contributed by atoms with Crippen molar-refractivity contribution >= 4 is 21.9 Å². The number of rotatable bonds is 3. The SMILES string of the molecule is O=C(O)C1Cc2ccccc2CN1Cc1cccc(Br)c1. The molecule has 4 heteroatoms. The molecule has 3 nitrogen and oxygen atoms in total. The number of fused-ring (bicyclic) bond motifs is 1. The number of nitrogens with zero attached hydrogens (tertiary/aromatic N) is 1. The van der Waals surface area contributed by atoms with Gasteiger partial charge in [-0.2, -0.15) is 0 Å². The molecule has 1 aliphatic rings. The fourth-order valence-electron chi connectivity index (χ4n) is 2.86. The summed E-state index contributed by atoms with van der Waals surface area (Å²) in [5.74, 6) is -0.750. The second-order valence-corrected chi connectivity index (χ2v) is 6.28. The molecule has 2 aromatic rings. The highest BCUT2D eigenvalue weighted by Crippen LogP contribution is 2.25. The van der Waals surface area contributed by atoms with Gasteiger partial charge in [0.15, 0.2) is 0 Å². The van der Waals surface area contributed by atoms with Crippen LogP contribution in [0.1, 0.15) is 16.7 Å². The van der Waals surface area contributed by atoms with E-state index in [-0.39, 0.29) is 0 Å². The summed E-state index contributed by atoms with van der Waals surface area (Å²) in [5, 5.41) is 9.52. The minimum atomic E-state index is -0.750. The Labute approximate surface area is 132 Å². The predicted molar refractivity (Wildman–Crippen MR) is 85.0 cm³/mol. The summed E-state index contributed by atoms with van der Waals surface area (Å²) in [4.78, 5) is 13.6. The zero-order chi connectivity index (χ0) is 14.8. The largest absolute Gasteiger partial charge is 0.480 e. The van der Waals surface area contributed by atoms with Crippen molar-refractivity contribution in [2.45, 2.75) is 25.6 Å². The first kappa shape index (κ1) is 14.3. The molecule has 1 unspecified atom stereocenters. The fraction of sp³-hybridized carbons (Fsp3) is 0.235. The van der Waals surface area contributed by atoms with Crippen LogP contribution in [-0.2, 0) is 24.3 Å². The van der Waals surface area contributed by atoms with Crippen LogP contribution in [0.5, 0.6) is 0 Å². The van der Waals surface area contributed by atoms with Crippen molar-refractivity contribution in [3.63, 3.8) is 0 Å². The average Bonchev–Trinajstić information content (AvgIpc) is 2.46. The van der Waals surface area contributed by atoms with Crippen LogP contribution in [0, 0.1) is 0 Å². The third-order valence-corrected chi connectivity index (χ3v) is 4.40. The van der Waals surface area contributed by atoms with Crippen molar-refractivity contribution in [3.8, 4) is 0 Å². The van der Waals surface area contributed by atoms with Gasteiger partial charge in [0, 0.05) is 17.6 Å². The Hall–Kier alpha value is -1.65. The molecule has 0 saturated heterocycles. The first-order chi connectivity index (χ1) is 10.1. The molecule has 0 bridgehead atoms. The van der Waals surface area contributed by atoms with Gasteiger partial charge >= 0.3 is 5.97 Å². The Kier molecular flexibility index (Phi) is 4.08. The quantitative estimate of drug-likeness (QED) is 0.925. The molecule has 0 aliphatic carbocycles. The van der Waals surface area contributed by atoms with Crippen LogP contribution in [0.4, 0.5) is 0 Å². The van der Waals surface area contributed by atoms with Crippen LogP contribution >= 0.6 is 15.9 Å². The van der Waals surface area contributed by atoms with Gasteiger partial charge in [-0.3, -0.25) is 9.69 Å². The lowest BCUT2D eigenvalue weighted by atomic mass is 9.93. The lowest BCUT2D eigenvalue weighted by molar-refractivity contribution is -0.144. The first-order valence-corrected chi connectivity index (χ1v) is 7.71. The molecule has 0 aromatic heterocycles. The standard InChI is InChI=1S/C17H16BrNO2/c18-15-7-3-4-12(8-15)10-19-11-14-6-2-1-5-13(14)9-16(19)17(20)21/h1-8,16H,9-11H2,(H,20,21). The monoisotopic (exact) mass is 345 g/mol. The maximum atomic E-state index is 11.6. The second kappa shape index (κ2) is 6.00. The average molecular weight is 346 g/mol. The van der Waals surface area contributed by atoms with E-state index in [9.17, 15) is 9.90 Å². The zero-order valence-electron chi connectivity index (χ0n) is 11.5. The highest BCUT2D eigenvalue weighted by molar-refractivity contribution is 9.10. The molecule has 0 spiro atoms. The number of carbonyl (C=O) groups is 1. The van der Waals surface area contributed by atoms with Crippen molar-refractivity contribution in [2.24, 2.45) is 0 Å². The molecule has 1 heterocycles. The van der Waals surface area contributed by atoms with Gasteiger partial charge in [0.25, 0.3) is 0 Å². The Balaban J connectivity index is 1.87. The third-order valence-electron chi connectivity index (χ3n) is 3.91. The van der Waals surface area contributed by atoms with Gasteiger partial charge in [-0.15, -0.1) is 0 Å². The smallest absolute Gasteiger partial charge is 0.321 e. The number of carboxylic acid groups (broad SMARTS) is 1. The van der Waals surface area contributed by atoms with Crippen molar-refractivity contribution in [1.82, 2.24) is 4.90 Å². The summed E-state index contributed by atoms with van der Waals surface area (Å²) in [7, 11) is 0. The van der Waals surface area contributed by atoms with Crippen molar-refractivity contribution in [2.75, 3.05) is 0 Å². The number of aliphatic carboxylic acids is 1. The van der Waals surface area contributed by atoms with Gasteiger partial charge in [0.05, 0.1) is 0 Å². The molecule has 21 heavy (non-hydrogen) atoms. The molecular formula is C17H16BrNO2. The Morgan fingerprint density at radius 3 is 2.67 bits per heavy atom. The molecule has 1 atom stereocenters. The van der Waals surface area contributed by atoms with Gasteiger partial charge in [-0.25, -0.2) is 0 Å². The Bertz CT molecular complexity index is 671. The summed E-state index contributed by atoms with van der Waals surface area (Å²) in [6.07, 6.45) is 0.569. The second-order valence-electron chi connectivity index (χ2n) is 5.36. The summed E-state index contributed by atoms with van der Waals surface area (Å²) >= 11 is 3.46. The predicted octanol–water partition coefficient (Wildman–Crippen LogP) is 3.46.